The lowest BCUT2D eigenvalue weighted by Gasteiger charge is -2.47. The fourth-order valence-corrected chi connectivity index (χ4v) is 7.04. The molecule has 1 nitrogen and oxygen atoms in total. The molecule has 3 aliphatic rings. The van der Waals surface area contributed by atoms with Gasteiger partial charge in [-0.15, -0.1) is 34.8 Å². The first kappa shape index (κ1) is 17.4. The number of unbranched alkanes of at least 4 members (excludes halogenated alkanes) is 3. The highest BCUT2D eigenvalue weighted by Gasteiger charge is 2.87. The highest BCUT2D eigenvalue weighted by Crippen LogP contribution is 2.88. The molecule has 0 amide bonds. The van der Waals surface area contributed by atoms with Gasteiger partial charge < -0.3 is 0 Å². The molecule has 1 aromatic rings. The van der Waals surface area contributed by atoms with Crippen molar-refractivity contribution in [2.75, 3.05) is 0 Å². The highest BCUT2D eigenvalue weighted by molar-refractivity contribution is 6.51. The second-order valence-electron chi connectivity index (χ2n) is 7.90. The third-order valence-corrected chi connectivity index (χ3v) is 8.14. The van der Waals surface area contributed by atoms with Crippen LogP contribution in [0.4, 0.5) is 0 Å². The number of rotatable bonds is 7. The summed E-state index contributed by atoms with van der Waals surface area (Å²) in [6.07, 6.45) is 9.24. The van der Waals surface area contributed by atoms with E-state index in [9.17, 15) is 0 Å². The van der Waals surface area contributed by atoms with Crippen molar-refractivity contribution in [2.45, 2.75) is 86.8 Å². The molecule has 0 aliphatic heterocycles. The first-order valence-corrected chi connectivity index (χ1v) is 10.7. The third kappa shape index (κ3) is 2.17. The molecule has 3 aliphatic carbocycles. The summed E-state index contributed by atoms with van der Waals surface area (Å²) in [6.45, 7) is 4.50. The van der Waals surface area contributed by atoms with Gasteiger partial charge in [0.1, 0.15) is 4.33 Å². The van der Waals surface area contributed by atoms with Crippen LogP contribution in [0.3, 0.4) is 0 Å². The molecule has 0 aromatic carbocycles. The monoisotopic (exact) mass is 385 g/mol. The average Bonchev–Trinajstić information content (AvgIpc) is 3.12. The Labute approximate surface area is 160 Å². The van der Waals surface area contributed by atoms with Crippen molar-refractivity contribution in [1.29, 1.82) is 0 Å². The number of pyridine rings is 1. The van der Waals surface area contributed by atoms with Gasteiger partial charge >= 0.3 is 0 Å². The summed E-state index contributed by atoms with van der Waals surface area (Å²) in [6, 6.07) is 2.43. The Morgan fingerprint density at radius 1 is 1.12 bits per heavy atom. The molecule has 0 bridgehead atoms. The number of hydrogen-bond donors (Lipinski definition) is 0. The van der Waals surface area contributed by atoms with Gasteiger partial charge in [-0.1, -0.05) is 39.2 Å². The van der Waals surface area contributed by atoms with E-state index < -0.39 is 4.33 Å². The van der Waals surface area contributed by atoms with Crippen molar-refractivity contribution in [3.05, 3.63) is 28.6 Å². The van der Waals surface area contributed by atoms with Crippen molar-refractivity contribution in [3.63, 3.8) is 0 Å². The molecule has 132 valence electrons. The predicted molar refractivity (Wildman–Crippen MR) is 103 cm³/mol. The molecule has 4 rings (SSSR count). The summed E-state index contributed by atoms with van der Waals surface area (Å²) >= 11 is 19.8. The molecule has 2 fully saturated rings. The molecule has 4 heteroatoms. The average molecular weight is 387 g/mol. The van der Waals surface area contributed by atoms with Crippen molar-refractivity contribution >= 4 is 34.8 Å². The first-order valence-electron chi connectivity index (χ1n) is 9.53. The Morgan fingerprint density at radius 3 is 2.54 bits per heavy atom. The number of fused-ring (bicyclic) bond motifs is 3. The Morgan fingerprint density at radius 2 is 1.88 bits per heavy atom. The van der Waals surface area contributed by atoms with Crippen LogP contribution in [0.15, 0.2) is 6.07 Å². The van der Waals surface area contributed by atoms with Gasteiger partial charge in [-0.25, -0.2) is 0 Å². The Hall–Kier alpha value is 0.0200. The lowest BCUT2D eigenvalue weighted by molar-refractivity contribution is 0.212. The number of alkyl halides is 3. The Balaban J connectivity index is 1.68. The minimum atomic E-state index is -0.665. The number of hydrogen-bond acceptors (Lipinski definition) is 1. The number of halogens is 3. The molecule has 4 atom stereocenters. The number of aromatic nitrogens is 1. The molecule has 0 unspecified atom stereocenters. The van der Waals surface area contributed by atoms with Crippen LogP contribution >= 0.6 is 34.8 Å². The van der Waals surface area contributed by atoms with E-state index >= 15 is 0 Å². The number of nitrogens with zero attached hydrogens (tertiary/aromatic N) is 1. The van der Waals surface area contributed by atoms with Crippen molar-refractivity contribution < 1.29 is 0 Å². The second-order valence-corrected chi connectivity index (χ2v) is 9.86. The van der Waals surface area contributed by atoms with E-state index in [1.165, 1.54) is 54.6 Å². The summed E-state index contributed by atoms with van der Waals surface area (Å²) in [5.41, 5.74) is 5.25. The van der Waals surface area contributed by atoms with Crippen LogP contribution < -0.4 is 0 Å². The van der Waals surface area contributed by atoms with Gasteiger partial charge in [-0.05, 0) is 49.1 Å². The van der Waals surface area contributed by atoms with Crippen LogP contribution in [0.25, 0.3) is 0 Å². The fourth-order valence-electron chi connectivity index (χ4n) is 5.16. The maximum atomic E-state index is 6.65. The second kappa shape index (κ2) is 6.03. The van der Waals surface area contributed by atoms with Gasteiger partial charge in [-0.2, -0.15) is 0 Å². The van der Waals surface area contributed by atoms with E-state index in [1.54, 1.807) is 0 Å². The van der Waals surface area contributed by atoms with E-state index in [1.807, 2.05) is 0 Å². The largest absolute Gasteiger partial charge is 0.257 e. The summed E-state index contributed by atoms with van der Waals surface area (Å²) in [4.78, 5) is 5.15. The highest BCUT2D eigenvalue weighted by atomic mass is 35.5. The van der Waals surface area contributed by atoms with E-state index in [0.29, 0.717) is 5.92 Å². The molecular formula is C20H26Cl3N. The SMILES string of the molecule is CCCCCc1nc2c(cc1CCCC)[C@H]1CC(Cl)(Cl)[C@]13[C@H](Cl)[C@H]23. The lowest BCUT2D eigenvalue weighted by Crippen LogP contribution is -2.47. The zero-order valence-corrected chi connectivity index (χ0v) is 16.8. The van der Waals surface area contributed by atoms with Crippen LogP contribution in [0.1, 0.15) is 86.7 Å². The summed E-state index contributed by atoms with van der Waals surface area (Å²) < 4.78 is -0.665. The fraction of sp³-hybridized carbons (Fsp3) is 0.750. The van der Waals surface area contributed by atoms with Crippen molar-refractivity contribution in [3.8, 4) is 0 Å². The normalized spacial score (nSPS) is 34.3. The van der Waals surface area contributed by atoms with Crippen molar-refractivity contribution in [2.24, 2.45) is 5.41 Å². The molecule has 0 saturated heterocycles. The van der Waals surface area contributed by atoms with Crippen LogP contribution in [0, 0.1) is 5.41 Å². The summed E-state index contributed by atoms with van der Waals surface area (Å²) in [7, 11) is 0. The first-order chi connectivity index (χ1) is 11.5. The van der Waals surface area contributed by atoms with Crippen LogP contribution in [-0.4, -0.2) is 14.7 Å². The summed E-state index contributed by atoms with van der Waals surface area (Å²) in [5.74, 6) is 0.695. The van der Waals surface area contributed by atoms with Crippen LogP contribution in [0.5, 0.6) is 0 Å². The minimum absolute atomic E-state index is 0.0660. The van der Waals surface area contributed by atoms with Gasteiger partial charge in [0.15, 0.2) is 0 Å². The van der Waals surface area contributed by atoms with E-state index in [2.05, 4.69) is 19.9 Å². The molecule has 1 spiro atoms. The van der Waals surface area contributed by atoms with Crippen LogP contribution in [0.2, 0.25) is 0 Å². The van der Waals surface area contributed by atoms with Gasteiger partial charge in [0.05, 0.1) is 5.38 Å². The molecule has 1 aromatic heterocycles. The van der Waals surface area contributed by atoms with Crippen LogP contribution in [-0.2, 0) is 12.8 Å². The van der Waals surface area contributed by atoms with E-state index in [-0.39, 0.29) is 16.7 Å². The molecule has 0 N–H and O–H groups in total. The smallest absolute Gasteiger partial charge is 0.127 e. The van der Waals surface area contributed by atoms with E-state index in [4.69, 9.17) is 39.8 Å². The zero-order chi connectivity index (χ0) is 17.1. The predicted octanol–water partition coefficient (Wildman–Crippen LogP) is 6.52. The topological polar surface area (TPSA) is 12.9 Å². The van der Waals surface area contributed by atoms with Gasteiger partial charge in [-0.3, -0.25) is 4.98 Å². The molecular weight excluding hydrogens is 361 g/mol. The van der Waals surface area contributed by atoms with Gasteiger partial charge in [0, 0.05) is 22.7 Å². The molecule has 24 heavy (non-hydrogen) atoms. The quantitative estimate of drug-likeness (QED) is 0.384. The third-order valence-electron chi connectivity index (χ3n) is 6.56. The molecule has 0 radical (unpaired) electrons. The van der Waals surface area contributed by atoms with Gasteiger partial charge in [0.2, 0.25) is 0 Å². The summed E-state index contributed by atoms with van der Waals surface area (Å²) in [5, 5.41) is 0.0660. The van der Waals surface area contributed by atoms with Gasteiger partial charge in [0.25, 0.3) is 0 Å². The lowest BCUT2D eigenvalue weighted by atomic mass is 9.68. The maximum absolute atomic E-state index is 6.65. The number of aryl methyl sites for hydroxylation is 2. The van der Waals surface area contributed by atoms with Crippen molar-refractivity contribution in [1.82, 2.24) is 4.98 Å². The zero-order valence-electron chi connectivity index (χ0n) is 14.5. The molecule has 2 saturated carbocycles. The maximum Gasteiger partial charge on any atom is 0.127 e. The molecule has 1 heterocycles. The van der Waals surface area contributed by atoms with E-state index in [0.717, 1.165) is 19.3 Å². The Bertz CT molecular complexity index is 657. The Kier molecular flexibility index (Phi) is 4.38. The minimum Gasteiger partial charge on any atom is -0.257 e. The standard InChI is InChI=1S/C20H26Cl3N/c1-3-5-7-9-15-12(8-6-4-2)10-13-14-11-19(22,23)20(14)16(18(20)21)17(13)24-15/h10,14,16,18H,3-9,11H2,1-2H3/t14-,16+,18-,20-/m1/s1.